The van der Waals surface area contributed by atoms with Crippen LogP contribution in [0.1, 0.15) is 58.7 Å². The van der Waals surface area contributed by atoms with Crippen molar-refractivity contribution in [2.75, 3.05) is 5.32 Å². The molecule has 0 aliphatic heterocycles. The van der Waals surface area contributed by atoms with E-state index in [-0.39, 0.29) is 0 Å². The van der Waals surface area contributed by atoms with Gasteiger partial charge in [-0.2, -0.15) is 0 Å². The van der Waals surface area contributed by atoms with Gasteiger partial charge < -0.3 is 5.32 Å². The zero-order valence-corrected chi connectivity index (χ0v) is 13.0. The minimum atomic E-state index is 0.293. The fraction of sp³-hybridized carbons (Fsp3) is 0.733. The Morgan fingerprint density at radius 3 is 2.68 bits per heavy atom. The Hall–Kier alpha value is -0.830. The Labute approximate surface area is 121 Å². The molecule has 3 unspecified atom stereocenters. The molecule has 0 radical (unpaired) electrons. The first-order valence-electron chi connectivity index (χ1n) is 7.28. The van der Waals surface area contributed by atoms with Gasteiger partial charge in [0.05, 0.1) is 0 Å². The molecule has 1 fully saturated rings. The zero-order chi connectivity index (χ0) is 14.0. The lowest BCUT2D eigenvalue weighted by molar-refractivity contribution is 0.253. The second kappa shape index (κ2) is 6.08. The lowest BCUT2D eigenvalue weighted by Gasteiger charge is -2.35. The number of hydrogen-bond donors (Lipinski definition) is 1. The maximum absolute atomic E-state index is 6.09. The number of nitrogens with zero attached hydrogens (tertiary/aromatic N) is 2. The third kappa shape index (κ3) is 3.59. The number of halogens is 1. The van der Waals surface area contributed by atoms with Gasteiger partial charge in [-0.15, -0.1) is 0 Å². The maximum Gasteiger partial charge on any atom is 0.135 e. The van der Waals surface area contributed by atoms with Crippen molar-refractivity contribution in [2.45, 2.75) is 58.9 Å². The van der Waals surface area contributed by atoms with Crippen molar-refractivity contribution in [3.63, 3.8) is 0 Å². The summed E-state index contributed by atoms with van der Waals surface area (Å²) >= 11 is 6.09. The van der Waals surface area contributed by atoms with Crippen molar-refractivity contribution in [1.82, 2.24) is 9.97 Å². The monoisotopic (exact) mass is 281 g/mol. The number of nitrogens with one attached hydrogen (secondary N) is 1. The van der Waals surface area contributed by atoms with Gasteiger partial charge in [0.25, 0.3) is 0 Å². The second-order valence-electron chi connectivity index (χ2n) is 6.11. The predicted molar refractivity (Wildman–Crippen MR) is 80.7 cm³/mol. The van der Waals surface area contributed by atoms with Crippen molar-refractivity contribution < 1.29 is 0 Å². The van der Waals surface area contributed by atoms with Crippen LogP contribution in [0.2, 0.25) is 5.15 Å². The van der Waals surface area contributed by atoms with E-state index in [4.69, 9.17) is 11.6 Å². The first-order chi connectivity index (χ1) is 8.97. The molecule has 1 heterocycles. The Morgan fingerprint density at radius 2 is 2.00 bits per heavy atom. The van der Waals surface area contributed by atoms with Gasteiger partial charge in [0.15, 0.2) is 0 Å². The van der Waals surface area contributed by atoms with E-state index in [2.05, 4.69) is 43.0 Å². The number of aromatic nitrogens is 2. The molecule has 0 amide bonds. The average molecular weight is 282 g/mol. The fourth-order valence-corrected chi connectivity index (χ4v) is 2.93. The molecule has 3 nitrogen and oxygen atoms in total. The normalized spacial score (nSPS) is 27.6. The molecule has 0 saturated heterocycles. The third-order valence-electron chi connectivity index (χ3n) is 4.27. The van der Waals surface area contributed by atoms with E-state index in [0.29, 0.717) is 23.0 Å². The van der Waals surface area contributed by atoms with Gasteiger partial charge in [-0.25, -0.2) is 9.97 Å². The highest BCUT2D eigenvalue weighted by atomic mass is 35.5. The van der Waals surface area contributed by atoms with E-state index in [9.17, 15) is 0 Å². The highest BCUT2D eigenvalue weighted by Crippen LogP contribution is 2.31. The molecule has 0 aromatic carbocycles. The van der Waals surface area contributed by atoms with E-state index < -0.39 is 0 Å². The van der Waals surface area contributed by atoms with Crippen molar-refractivity contribution in [2.24, 2.45) is 11.8 Å². The Balaban J connectivity index is 2.14. The summed E-state index contributed by atoms with van der Waals surface area (Å²) < 4.78 is 0. The molecule has 1 saturated carbocycles. The molecule has 1 aromatic rings. The Kier molecular flexibility index (Phi) is 4.67. The van der Waals surface area contributed by atoms with Gasteiger partial charge in [-0.1, -0.05) is 52.1 Å². The van der Waals surface area contributed by atoms with Crippen LogP contribution in [-0.4, -0.2) is 16.0 Å². The molecule has 2 rings (SSSR count). The van der Waals surface area contributed by atoms with Gasteiger partial charge in [0.2, 0.25) is 0 Å². The summed E-state index contributed by atoms with van der Waals surface area (Å²) in [6.45, 7) is 8.83. The molecule has 19 heavy (non-hydrogen) atoms. The highest BCUT2D eigenvalue weighted by Gasteiger charge is 2.27. The molecule has 4 heteroatoms. The topological polar surface area (TPSA) is 37.8 Å². The Bertz CT molecular complexity index is 433. The SMILES string of the molecule is CC(C)c1nc(Cl)cc(NC2CCCC(C)C2C)n1. The van der Waals surface area contributed by atoms with Gasteiger partial charge in [-0.05, 0) is 18.3 Å². The summed E-state index contributed by atoms with van der Waals surface area (Å²) in [6, 6.07) is 2.33. The summed E-state index contributed by atoms with van der Waals surface area (Å²) in [6.07, 6.45) is 3.84. The van der Waals surface area contributed by atoms with E-state index in [1.54, 1.807) is 0 Å². The lowest BCUT2D eigenvalue weighted by Crippen LogP contribution is -2.35. The molecular weight excluding hydrogens is 258 g/mol. The number of anilines is 1. The van der Waals surface area contributed by atoms with Gasteiger partial charge in [0, 0.05) is 18.0 Å². The van der Waals surface area contributed by atoms with Crippen molar-refractivity contribution in [3.8, 4) is 0 Å². The highest BCUT2D eigenvalue weighted by molar-refractivity contribution is 6.29. The lowest BCUT2D eigenvalue weighted by atomic mass is 9.78. The first-order valence-corrected chi connectivity index (χ1v) is 7.66. The van der Waals surface area contributed by atoms with Crippen molar-refractivity contribution >= 4 is 17.4 Å². The molecule has 1 aliphatic rings. The summed E-state index contributed by atoms with van der Waals surface area (Å²) in [5.74, 6) is 3.42. The van der Waals surface area contributed by atoms with Crippen LogP contribution in [0, 0.1) is 11.8 Å². The smallest absolute Gasteiger partial charge is 0.135 e. The largest absolute Gasteiger partial charge is 0.367 e. The Morgan fingerprint density at radius 1 is 1.26 bits per heavy atom. The number of hydrogen-bond acceptors (Lipinski definition) is 3. The van der Waals surface area contributed by atoms with Crippen LogP contribution in [-0.2, 0) is 0 Å². The molecule has 1 N–H and O–H groups in total. The average Bonchev–Trinajstić information content (AvgIpc) is 2.34. The quantitative estimate of drug-likeness (QED) is 0.830. The standard InChI is InChI=1S/C15H24ClN3/c1-9(2)15-18-13(16)8-14(19-15)17-12-7-5-6-10(3)11(12)4/h8-12H,5-7H2,1-4H3,(H,17,18,19). The summed E-state index contributed by atoms with van der Waals surface area (Å²) in [7, 11) is 0. The molecule has 1 aliphatic carbocycles. The minimum Gasteiger partial charge on any atom is -0.367 e. The van der Waals surface area contributed by atoms with E-state index in [1.807, 2.05) is 6.07 Å². The van der Waals surface area contributed by atoms with Crippen LogP contribution in [0.4, 0.5) is 5.82 Å². The molecule has 1 aromatic heterocycles. The molecule has 0 bridgehead atoms. The van der Waals surface area contributed by atoms with Crippen LogP contribution < -0.4 is 5.32 Å². The van der Waals surface area contributed by atoms with Crippen molar-refractivity contribution in [1.29, 1.82) is 0 Å². The van der Waals surface area contributed by atoms with Crippen LogP contribution in [0.3, 0.4) is 0 Å². The first kappa shape index (κ1) is 14.6. The summed E-state index contributed by atoms with van der Waals surface area (Å²) in [4.78, 5) is 8.85. The van der Waals surface area contributed by atoms with Crippen LogP contribution in [0.25, 0.3) is 0 Å². The van der Waals surface area contributed by atoms with Gasteiger partial charge in [-0.3, -0.25) is 0 Å². The van der Waals surface area contributed by atoms with Crippen LogP contribution in [0.15, 0.2) is 6.07 Å². The maximum atomic E-state index is 6.09. The number of rotatable bonds is 3. The molecule has 3 atom stereocenters. The van der Waals surface area contributed by atoms with E-state index in [0.717, 1.165) is 17.6 Å². The summed E-state index contributed by atoms with van der Waals surface area (Å²) in [5.41, 5.74) is 0. The van der Waals surface area contributed by atoms with Crippen molar-refractivity contribution in [3.05, 3.63) is 17.0 Å². The zero-order valence-electron chi connectivity index (χ0n) is 12.3. The summed E-state index contributed by atoms with van der Waals surface area (Å²) in [5, 5.41) is 4.09. The molecular formula is C15H24ClN3. The predicted octanol–water partition coefficient (Wildman–Crippen LogP) is 4.49. The second-order valence-corrected chi connectivity index (χ2v) is 6.49. The molecule has 106 valence electrons. The van der Waals surface area contributed by atoms with Crippen LogP contribution in [0.5, 0.6) is 0 Å². The van der Waals surface area contributed by atoms with E-state index >= 15 is 0 Å². The van der Waals surface area contributed by atoms with Gasteiger partial charge >= 0.3 is 0 Å². The van der Waals surface area contributed by atoms with E-state index in [1.165, 1.54) is 19.3 Å². The van der Waals surface area contributed by atoms with Crippen LogP contribution >= 0.6 is 11.6 Å². The third-order valence-corrected chi connectivity index (χ3v) is 4.46. The fourth-order valence-electron chi connectivity index (χ4n) is 2.74. The van der Waals surface area contributed by atoms with Gasteiger partial charge in [0.1, 0.15) is 16.8 Å². The molecule has 0 spiro atoms. The minimum absolute atomic E-state index is 0.293.